The molecule has 0 fully saturated rings. The Labute approximate surface area is 283 Å². The maximum atomic E-state index is 14.5. The van der Waals surface area contributed by atoms with Crippen molar-refractivity contribution in [3.8, 4) is 0 Å². The third-order valence-corrected chi connectivity index (χ3v) is 10.3. The van der Waals surface area contributed by atoms with Crippen molar-refractivity contribution in [3.05, 3.63) is 129 Å². The highest BCUT2D eigenvalue weighted by Gasteiger charge is 2.35. The van der Waals surface area contributed by atoms with Crippen LogP contribution in [0.1, 0.15) is 37.0 Å². The fourth-order valence-electron chi connectivity index (χ4n) is 4.78. The fourth-order valence-corrected chi connectivity index (χ4v) is 6.84. The normalized spacial score (nSPS) is 12.6. The Bertz CT molecular complexity index is 1700. The van der Waals surface area contributed by atoms with Crippen LogP contribution in [0.3, 0.4) is 0 Å². The molecule has 4 aromatic rings. The average Bonchev–Trinajstić information content (AvgIpc) is 3.02. The van der Waals surface area contributed by atoms with Gasteiger partial charge in [-0.2, -0.15) is 0 Å². The van der Waals surface area contributed by atoms with Crippen molar-refractivity contribution in [2.75, 3.05) is 10.8 Å². The van der Waals surface area contributed by atoms with Crippen LogP contribution in [-0.2, 0) is 32.6 Å². The van der Waals surface area contributed by atoms with Gasteiger partial charge < -0.3 is 10.2 Å². The molecular formula is C35H37Br2N3O4S. The summed E-state index contributed by atoms with van der Waals surface area (Å²) < 4.78 is 30.9. The Hall–Kier alpha value is -3.47. The number of carbonyl (C=O) groups is 2. The van der Waals surface area contributed by atoms with Crippen LogP contribution in [0.25, 0.3) is 0 Å². The second kappa shape index (κ2) is 15.7. The minimum Gasteiger partial charge on any atom is -0.352 e. The van der Waals surface area contributed by atoms with E-state index < -0.39 is 28.5 Å². The fraction of sp³-hybridized carbons (Fsp3) is 0.257. The smallest absolute Gasteiger partial charge is 0.264 e. The van der Waals surface area contributed by atoms with Crippen molar-refractivity contribution in [2.45, 2.75) is 57.1 Å². The van der Waals surface area contributed by atoms with Crippen molar-refractivity contribution in [3.63, 3.8) is 0 Å². The van der Waals surface area contributed by atoms with Crippen LogP contribution in [0.4, 0.5) is 5.69 Å². The van der Waals surface area contributed by atoms with E-state index in [4.69, 9.17) is 0 Å². The van der Waals surface area contributed by atoms with E-state index in [1.165, 1.54) is 17.0 Å². The summed E-state index contributed by atoms with van der Waals surface area (Å²) >= 11 is 6.91. The van der Waals surface area contributed by atoms with E-state index >= 15 is 0 Å². The Morgan fingerprint density at radius 1 is 0.822 bits per heavy atom. The number of amides is 2. The zero-order valence-corrected chi connectivity index (χ0v) is 29.5. The summed E-state index contributed by atoms with van der Waals surface area (Å²) in [5.74, 6) is -0.803. The summed E-state index contributed by atoms with van der Waals surface area (Å²) in [5.41, 5.74) is 2.92. The predicted octanol–water partition coefficient (Wildman–Crippen LogP) is 7.27. The predicted molar refractivity (Wildman–Crippen MR) is 186 cm³/mol. The second-order valence-electron chi connectivity index (χ2n) is 11.0. The molecule has 4 rings (SSSR count). The van der Waals surface area contributed by atoms with Gasteiger partial charge in [-0.15, -0.1) is 0 Å². The van der Waals surface area contributed by atoms with Crippen LogP contribution in [0.2, 0.25) is 0 Å². The lowest BCUT2D eigenvalue weighted by molar-refractivity contribution is -0.140. The summed E-state index contributed by atoms with van der Waals surface area (Å²) in [6.45, 7) is 5.37. The molecule has 0 aromatic heterocycles. The highest BCUT2D eigenvalue weighted by Crippen LogP contribution is 2.28. The number of anilines is 1. The number of sulfonamides is 1. The summed E-state index contributed by atoms with van der Waals surface area (Å²) in [6, 6.07) is 29.4. The van der Waals surface area contributed by atoms with Gasteiger partial charge in [0.15, 0.2) is 0 Å². The zero-order chi connectivity index (χ0) is 32.6. The molecule has 4 aromatic carbocycles. The molecule has 10 heteroatoms. The Morgan fingerprint density at radius 3 is 2.11 bits per heavy atom. The van der Waals surface area contributed by atoms with Gasteiger partial charge in [0.1, 0.15) is 12.6 Å². The maximum Gasteiger partial charge on any atom is 0.264 e. The topological polar surface area (TPSA) is 86.8 Å². The molecule has 0 aliphatic rings. The summed E-state index contributed by atoms with van der Waals surface area (Å²) in [4.78, 5) is 30.0. The van der Waals surface area contributed by atoms with Crippen LogP contribution in [0.15, 0.2) is 117 Å². The first kappa shape index (κ1) is 34.4. The molecule has 1 N–H and O–H groups in total. The monoisotopic (exact) mass is 753 g/mol. The lowest BCUT2D eigenvalue weighted by Crippen LogP contribution is -2.54. The Kier molecular flexibility index (Phi) is 12.0. The molecule has 0 saturated heterocycles. The Morgan fingerprint density at radius 2 is 1.49 bits per heavy atom. The number of hydrogen-bond donors (Lipinski definition) is 1. The van der Waals surface area contributed by atoms with Crippen molar-refractivity contribution in [2.24, 2.45) is 0 Å². The molecule has 0 aliphatic heterocycles. The van der Waals surface area contributed by atoms with Crippen molar-refractivity contribution in [1.29, 1.82) is 0 Å². The minimum atomic E-state index is -4.16. The summed E-state index contributed by atoms with van der Waals surface area (Å²) in [7, 11) is -4.16. The quantitative estimate of drug-likeness (QED) is 0.156. The van der Waals surface area contributed by atoms with Crippen LogP contribution in [0, 0.1) is 6.92 Å². The van der Waals surface area contributed by atoms with Gasteiger partial charge in [0.05, 0.1) is 10.6 Å². The number of nitrogens with one attached hydrogen (secondary N) is 1. The third-order valence-electron chi connectivity index (χ3n) is 7.52. The zero-order valence-electron chi connectivity index (χ0n) is 25.5. The Balaban J connectivity index is 1.80. The average molecular weight is 756 g/mol. The van der Waals surface area contributed by atoms with Gasteiger partial charge in [-0.05, 0) is 73.9 Å². The van der Waals surface area contributed by atoms with E-state index in [0.29, 0.717) is 10.2 Å². The molecule has 0 heterocycles. The molecule has 45 heavy (non-hydrogen) atoms. The van der Waals surface area contributed by atoms with E-state index in [-0.39, 0.29) is 29.8 Å². The first-order valence-corrected chi connectivity index (χ1v) is 17.7. The second-order valence-corrected chi connectivity index (χ2v) is 14.7. The molecule has 0 unspecified atom stereocenters. The summed E-state index contributed by atoms with van der Waals surface area (Å²) in [5, 5.41) is 3.06. The van der Waals surface area contributed by atoms with Gasteiger partial charge in [-0.3, -0.25) is 13.9 Å². The molecule has 0 bridgehead atoms. The lowest BCUT2D eigenvalue weighted by atomic mass is 10.0. The van der Waals surface area contributed by atoms with E-state index in [0.717, 1.165) is 31.9 Å². The molecule has 0 aliphatic carbocycles. The van der Waals surface area contributed by atoms with E-state index in [9.17, 15) is 18.0 Å². The number of benzene rings is 4. The van der Waals surface area contributed by atoms with E-state index in [1.807, 2.05) is 75.4 Å². The van der Waals surface area contributed by atoms with Gasteiger partial charge in [0, 0.05) is 28.0 Å². The first-order valence-electron chi connectivity index (χ1n) is 14.7. The van der Waals surface area contributed by atoms with Crippen LogP contribution in [-0.4, -0.2) is 43.8 Å². The van der Waals surface area contributed by atoms with E-state index in [2.05, 4.69) is 37.2 Å². The molecular weight excluding hydrogens is 718 g/mol. The van der Waals surface area contributed by atoms with Gasteiger partial charge in [0.25, 0.3) is 10.0 Å². The molecule has 7 nitrogen and oxygen atoms in total. The van der Waals surface area contributed by atoms with Crippen LogP contribution < -0.4 is 9.62 Å². The number of halogens is 2. The van der Waals surface area contributed by atoms with Crippen LogP contribution in [0.5, 0.6) is 0 Å². The standard InChI is InChI=1S/C35H37Br2N3O4S/c1-4-26(3)38-35(42)33(21-27-9-6-5-7-10-27)39(23-28-15-17-29(36)18-16-28)34(41)24-40(31-12-8-11-30(37)22-31)45(43,44)32-19-13-25(2)14-20-32/h5-20,22,26,33H,4,21,23-24H2,1-3H3,(H,38,42)/t26-,33-/m0/s1. The van der Waals surface area contributed by atoms with E-state index in [1.54, 1.807) is 36.4 Å². The molecule has 236 valence electrons. The van der Waals surface area contributed by atoms with Gasteiger partial charge in [-0.1, -0.05) is 105 Å². The number of aryl methyl sites for hydroxylation is 1. The van der Waals surface area contributed by atoms with Crippen LogP contribution >= 0.6 is 31.9 Å². The number of carbonyl (C=O) groups excluding carboxylic acids is 2. The maximum absolute atomic E-state index is 14.5. The highest BCUT2D eigenvalue weighted by atomic mass is 79.9. The molecule has 0 saturated carbocycles. The first-order chi connectivity index (χ1) is 21.5. The van der Waals surface area contributed by atoms with Gasteiger partial charge >= 0.3 is 0 Å². The molecule has 0 spiro atoms. The SMILES string of the molecule is CC[C@H](C)NC(=O)[C@H](Cc1ccccc1)N(Cc1ccc(Br)cc1)C(=O)CN(c1cccc(Br)c1)S(=O)(=O)c1ccc(C)cc1. The van der Waals surface area contributed by atoms with Crippen molar-refractivity contribution >= 4 is 59.4 Å². The lowest BCUT2D eigenvalue weighted by Gasteiger charge is -2.34. The van der Waals surface area contributed by atoms with Gasteiger partial charge in [0.2, 0.25) is 11.8 Å². The highest BCUT2D eigenvalue weighted by molar-refractivity contribution is 9.10. The molecule has 2 atom stereocenters. The third kappa shape index (κ3) is 9.28. The number of hydrogen-bond acceptors (Lipinski definition) is 4. The van der Waals surface area contributed by atoms with Gasteiger partial charge in [-0.25, -0.2) is 8.42 Å². The summed E-state index contributed by atoms with van der Waals surface area (Å²) in [6.07, 6.45) is 0.975. The number of nitrogens with zero attached hydrogens (tertiary/aromatic N) is 2. The molecule has 2 amide bonds. The van der Waals surface area contributed by atoms with Crippen molar-refractivity contribution in [1.82, 2.24) is 10.2 Å². The largest absolute Gasteiger partial charge is 0.352 e. The molecule has 0 radical (unpaired) electrons. The minimum absolute atomic E-state index is 0.0654. The van der Waals surface area contributed by atoms with Crippen molar-refractivity contribution < 1.29 is 18.0 Å². The number of rotatable bonds is 13.